The van der Waals surface area contributed by atoms with Gasteiger partial charge in [-0.25, -0.2) is 19.2 Å². The van der Waals surface area contributed by atoms with Gasteiger partial charge < -0.3 is 9.47 Å². The number of aromatic nitrogens is 5. The van der Waals surface area contributed by atoms with Crippen LogP contribution in [0.4, 0.5) is 13.2 Å². The fraction of sp³-hybridized carbons (Fsp3) is 0.417. The topological polar surface area (TPSA) is 86.8 Å². The van der Waals surface area contributed by atoms with Crippen LogP contribution >= 0.6 is 0 Å². The zero-order valence-electron chi connectivity index (χ0n) is 19.1. The summed E-state index contributed by atoms with van der Waals surface area (Å²) in [7, 11) is 0. The molecule has 1 fully saturated rings. The Kier molecular flexibility index (Phi) is 7.27. The third-order valence-corrected chi connectivity index (χ3v) is 5.86. The number of benzene rings is 1. The van der Waals surface area contributed by atoms with E-state index in [1.807, 2.05) is 19.9 Å². The molecule has 9 nitrogen and oxygen atoms in total. The molecular formula is C24H27F3N6O3. The molecule has 12 heteroatoms. The van der Waals surface area contributed by atoms with Crippen LogP contribution in [-0.2, 0) is 17.8 Å². The molecule has 1 aromatic carbocycles. The Morgan fingerprint density at radius 2 is 1.86 bits per heavy atom. The third kappa shape index (κ3) is 5.05. The van der Waals surface area contributed by atoms with Crippen molar-refractivity contribution in [1.29, 1.82) is 0 Å². The van der Waals surface area contributed by atoms with Crippen molar-refractivity contribution < 1.29 is 22.6 Å². The molecule has 2 atom stereocenters. The van der Waals surface area contributed by atoms with Crippen molar-refractivity contribution in [3.63, 3.8) is 0 Å². The summed E-state index contributed by atoms with van der Waals surface area (Å²) < 4.78 is 52.0. The lowest BCUT2D eigenvalue weighted by atomic mass is 10.1. The molecule has 0 amide bonds. The van der Waals surface area contributed by atoms with E-state index in [0.717, 1.165) is 29.2 Å². The van der Waals surface area contributed by atoms with Crippen LogP contribution in [0.5, 0.6) is 5.75 Å². The van der Waals surface area contributed by atoms with E-state index in [-0.39, 0.29) is 37.5 Å². The van der Waals surface area contributed by atoms with Crippen molar-refractivity contribution in [2.75, 3.05) is 13.1 Å². The Bertz CT molecular complexity index is 1430. The summed E-state index contributed by atoms with van der Waals surface area (Å²) in [4.78, 5) is 24.2. The number of fused-ring (bicyclic) bond motifs is 3. The van der Waals surface area contributed by atoms with Gasteiger partial charge in [-0.15, -0.1) is 0 Å². The van der Waals surface area contributed by atoms with Gasteiger partial charge in [0.1, 0.15) is 23.5 Å². The maximum Gasteiger partial charge on any atom is 0.387 e. The molecule has 0 unspecified atom stereocenters. The summed E-state index contributed by atoms with van der Waals surface area (Å²) in [5.41, 5.74) is 1.15. The SMILES string of the molecule is C.C[C@@H]1CN(Cc2cnc3c(c2)c2ncnn2c(=O)n3Cc2ccc(OC(F)F)cc2F)C[C@H](C)O1. The first kappa shape index (κ1) is 25.6. The maximum atomic E-state index is 14.6. The fourth-order valence-corrected chi connectivity index (χ4v) is 4.55. The van der Waals surface area contributed by atoms with Crippen LogP contribution in [-0.4, -0.2) is 61.0 Å². The van der Waals surface area contributed by atoms with Crippen molar-refractivity contribution in [3.05, 3.63) is 64.2 Å². The van der Waals surface area contributed by atoms with Gasteiger partial charge in [-0.05, 0) is 31.5 Å². The van der Waals surface area contributed by atoms with Gasteiger partial charge in [0, 0.05) is 37.5 Å². The van der Waals surface area contributed by atoms with Crippen molar-refractivity contribution >= 4 is 16.7 Å². The van der Waals surface area contributed by atoms with E-state index in [1.54, 1.807) is 6.20 Å². The average molecular weight is 505 g/mol. The van der Waals surface area contributed by atoms with Gasteiger partial charge in [-0.2, -0.15) is 18.4 Å². The maximum absolute atomic E-state index is 14.6. The second-order valence-corrected chi connectivity index (χ2v) is 8.66. The molecular weight excluding hydrogens is 477 g/mol. The van der Waals surface area contributed by atoms with Crippen LogP contribution in [0, 0.1) is 5.82 Å². The van der Waals surface area contributed by atoms with E-state index in [4.69, 9.17) is 4.74 Å². The molecule has 1 aliphatic heterocycles. The lowest BCUT2D eigenvalue weighted by molar-refractivity contribution is -0.0705. The number of hydrogen-bond acceptors (Lipinski definition) is 7. The average Bonchev–Trinajstić information content (AvgIpc) is 3.27. The largest absolute Gasteiger partial charge is 0.435 e. The number of rotatable bonds is 6. The van der Waals surface area contributed by atoms with Crippen molar-refractivity contribution in [2.24, 2.45) is 0 Å². The lowest BCUT2D eigenvalue weighted by Gasteiger charge is -2.35. The number of morpholine rings is 1. The Balaban J connectivity index is 0.00000304. The summed E-state index contributed by atoms with van der Waals surface area (Å²) >= 11 is 0. The van der Waals surface area contributed by atoms with Crippen LogP contribution in [0.3, 0.4) is 0 Å². The molecule has 192 valence electrons. The molecule has 36 heavy (non-hydrogen) atoms. The Morgan fingerprint density at radius 3 is 2.56 bits per heavy atom. The predicted octanol–water partition coefficient (Wildman–Crippen LogP) is 3.47. The number of ether oxygens (including phenoxy) is 2. The predicted molar refractivity (Wildman–Crippen MR) is 127 cm³/mol. The highest BCUT2D eigenvalue weighted by Crippen LogP contribution is 2.22. The lowest BCUT2D eigenvalue weighted by Crippen LogP contribution is -2.44. The first-order chi connectivity index (χ1) is 16.8. The second-order valence-electron chi connectivity index (χ2n) is 8.66. The minimum atomic E-state index is -3.07. The summed E-state index contributed by atoms with van der Waals surface area (Å²) in [5, 5.41) is 4.62. The monoisotopic (exact) mass is 504 g/mol. The highest BCUT2D eigenvalue weighted by Gasteiger charge is 2.23. The Hall–Kier alpha value is -3.51. The highest BCUT2D eigenvalue weighted by atomic mass is 19.3. The molecule has 3 aromatic heterocycles. The van der Waals surface area contributed by atoms with Gasteiger partial charge in [0.15, 0.2) is 5.65 Å². The molecule has 0 spiro atoms. The Morgan fingerprint density at radius 1 is 1.11 bits per heavy atom. The quantitative estimate of drug-likeness (QED) is 0.397. The number of halogens is 3. The molecule has 5 rings (SSSR count). The first-order valence-electron chi connectivity index (χ1n) is 11.1. The highest BCUT2D eigenvalue weighted by molar-refractivity contribution is 5.89. The number of nitrogens with zero attached hydrogens (tertiary/aromatic N) is 6. The molecule has 0 radical (unpaired) electrons. The number of pyridine rings is 1. The molecule has 4 aromatic rings. The smallest absolute Gasteiger partial charge is 0.387 e. The van der Waals surface area contributed by atoms with Crippen LogP contribution in [0.2, 0.25) is 0 Å². The molecule has 1 saturated heterocycles. The molecule has 1 aliphatic rings. The van der Waals surface area contributed by atoms with E-state index < -0.39 is 18.1 Å². The standard InChI is InChI=1S/C23H23F3N6O3.CH4/c1-13-8-30(9-14(2)34-13)10-15-5-18-20(27-7-15)31(23(33)32-21(18)28-12-29-32)11-16-3-4-17(6-19(16)24)35-22(25)26;/h3-7,12-14,22H,8-11H2,1-2H3;1H4/t13-,14+;. The zero-order chi connectivity index (χ0) is 24.7. The Labute approximate surface area is 205 Å². The van der Waals surface area contributed by atoms with Crippen molar-refractivity contribution in [1.82, 2.24) is 29.0 Å². The minimum Gasteiger partial charge on any atom is -0.435 e. The van der Waals surface area contributed by atoms with Gasteiger partial charge >= 0.3 is 12.3 Å². The zero-order valence-corrected chi connectivity index (χ0v) is 19.1. The first-order valence-corrected chi connectivity index (χ1v) is 11.1. The van der Waals surface area contributed by atoms with Gasteiger partial charge in [0.25, 0.3) is 0 Å². The molecule has 4 heterocycles. The van der Waals surface area contributed by atoms with E-state index in [2.05, 4.69) is 24.7 Å². The molecule has 0 aliphatic carbocycles. The van der Waals surface area contributed by atoms with Crippen molar-refractivity contribution in [2.45, 2.75) is 53.2 Å². The molecule has 0 N–H and O–H groups in total. The van der Waals surface area contributed by atoms with Crippen LogP contribution in [0.1, 0.15) is 32.4 Å². The normalized spacial score (nSPS) is 18.6. The van der Waals surface area contributed by atoms with E-state index in [9.17, 15) is 18.0 Å². The number of alkyl halides is 2. The summed E-state index contributed by atoms with van der Waals surface area (Å²) in [5.74, 6) is -1.09. The van der Waals surface area contributed by atoms with Gasteiger partial charge in [-0.1, -0.05) is 13.5 Å². The molecule has 0 bridgehead atoms. The van der Waals surface area contributed by atoms with Crippen LogP contribution < -0.4 is 10.4 Å². The summed E-state index contributed by atoms with van der Waals surface area (Å²) in [6, 6.07) is 5.29. The summed E-state index contributed by atoms with van der Waals surface area (Å²) in [6.45, 7) is 3.02. The second kappa shape index (κ2) is 10.2. The van der Waals surface area contributed by atoms with Gasteiger partial charge in [0.2, 0.25) is 0 Å². The number of hydrogen-bond donors (Lipinski definition) is 0. The third-order valence-electron chi connectivity index (χ3n) is 5.86. The van der Waals surface area contributed by atoms with Crippen LogP contribution in [0.25, 0.3) is 16.7 Å². The van der Waals surface area contributed by atoms with E-state index in [0.29, 0.717) is 23.2 Å². The minimum absolute atomic E-state index is 0. The molecule has 0 saturated carbocycles. The van der Waals surface area contributed by atoms with Crippen molar-refractivity contribution in [3.8, 4) is 5.75 Å². The van der Waals surface area contributed by atoms with Gasteiger partial charge in [0.05, 0.1) is 24.1 Å². The van der Waals surface area contributed by atoms with E-state index in [1.165, 1.54) is 23.0 Å². The van der Waals surface area contributed by atoms with Crippen LogP contribution in [0.15, 0.2) is 41.6 Å². The summed E-state index contributed by atoms with van der Waals surface area (Å²) in [6.07, 6.45) is 3.20. The fourth-order valence-electron chi connectivity index (χ4n) is 4.55. The van der Waals surface area contributed by atoms with E-state index >= 15 is 0 Å². The van der Waals surface area contributed by atoms with Gasteiger partial charge in [-0.3, -0.25) is 9.47 Å².